The van der Waals surface area contributed by atoms with Crippen LogP contribution in [0.5, 0.6) is 0 Å². The number of hydrogen-bond donors (Lipinski definition) is 2. The molecule has 2 unspecified atom stereocenters. The van der Waals surface area contributed by atoms with Gasteiger partial charge in [0.25, 0.3) is 5.56 Å². The van der Waals surface area contributed by atoms with Crippen molar-refractivity contribution in [3.8, 4) is 0 Å². The summed E-state index contributed by atoms with van der Waals surface area (Å²) in [5, 5.41) is 6.21. The van der Waals surface area contributed by atoms with Crippen molar-refractivity contribution in [1.29, 1.82) is 0 Å². The SMILES string of the molecule is CC1CN(c2cn[nH]c(=O)c2Cl)CC1N. The Labute approximate surface area is 92.2 Å². The van der Waals surface area contributed by atoms with Crippen LogP contribution in [0.25, 0.3) is 0 Å². The molecule has 15 heavy (non-hydrogen) atoms. The molecule has 0 spiro atoms. The van der Waals surface area contributed by atoms with E-state index in [2.05, 4.69) is 17.1 Å². The summed E-state index contributed by atoms with van der Waals surface area (Å²) in [6, 6.07) is 0.125. The number of rotatable bonds is 1. The number of hydrogen-bond acceptors (Lipinski definition) is 4. The second-order valence-electron chi connectivity index (χ2n) is 3.94. The van der Waals surface area contributed by atoms with Crippen LogP contribution in [0.4, 0.5) is 5.69 Å². The molecule has 1 aromatic heterocycles. The lowest BCUT2D eigenvalue weighted by atomic mass is 10.1. The fourth-order valence-electron chi connectivity index (χ4n) is 1.78. The van der Waals surface area contributed by atoms with Gasteiger partial charge < -0.3 is 10.6 Å². The van der Waals surface area contributed by atoms with E-state index in [0.717, 1.165) is 6.54 Å². The third-order valence-electron chi connectivity index (χ3n) is 2.79. The zero-order valence-electron chi connectivity index (χ0n) is 8.40. The van der Waals surface area contributed by atoms with Gasteiger partial charge in [-0.3, -0.25) is 4.79 Å². The number of nitrogens with one attached hydrogen (secondary N) is 1. The highest BCUT2D eigenvalue weighted by Crippen LogP contribution is 2.26. The molecule has 0 amide bonds. The topological polar surface area (TPSA) is 75.0 Å². The van der Waals surface area contributed by atoms with Crippen molar-refractivity contribution in [2.75, 3.05) is 18.0 Å². The molecule has 82 valence electrons. The molecule has 5 nitrogen and oxygen atoms in total. The Bertz CT molecular complexity index is 409. The van der Waals surface area contributed by atoms with Crippen molar-refractivity contribution >= 4 is 17.3 Å². The Kier molecular flexibility index (Phi) is 2.67. The molecular formula is C9H13ClN4O. The second-order valence-corrected chi connectivity index (χ2v) is 4.32. The maximum atomic E-state index is 11.3. The van der Waals surface area contributed by atoms with Crippen LogP contribution in [0.2, 0.25) is 5.02 Å². The van der Waals surface area contributed by atoms with E-state index in [1.807, 2.05) is 4.90 Å². The van der Waals surface area contributed by atoms with Crippen molar-refractivity contribution < 1.29 is 0 Å². The van der Waals surface area contributed by atoms with Gasteiger partial charge in [-0.2, -0.15) is 5.10 Å². The molecule has 0 aromatic carbocycles. The van der Waals surface area contributed by atoms with Crippen molar-refractivity contribution in [1.82, 2.24) is 10.2 Å². The highest BCUT2D eigenvalue weighted by Gasteiger charge is 2.28. The smallest absolute Gasteiger partial charge is 0.285 e. The molecule has 2 heterocycles. The lowest BCUT2D eigenvalue weighted by Gasteiger charge is -2.18. The van der Waals surface area contributed by atoms with E-state index in [4.69, 9.17) is 17.3 Å². The van der Waals surface area contributed by atoms with Gasteiger partial charge in [0, 0.05) is 19.1 Å². The Morgan fingerprint density at radius 3 is 3.00 bits per heavy atom. The molecule has 0 aliphatic carbocycles. The van der Waals surface area contributed by atoms with Gasteiger partial charge >= 0.3 is 0 Å². The molecule has 2 rings (SSSR count). The molecule has 1 aromatic rings. The van der Waals surface area contributed by atoms with Gasteiger partial charge in [0.2, 0.25) is 0 Å². The second kappa shape index (κ2) is 3.83. The minimum Gasteiger partial charge on any atom is -0.367 e. The summed E-state index contributed by atoms with van der Waals surface area (Å²) >= 11 is 5.90. The van der Waals surface area contributed by atoms with Gasteiger partial charge in [-0.05, 0) is 5.92 Å². The Morgan fingerprint density at radius 1 is 1.67 bits per heavy atom. The predicted octanol–water partition coefficient (Wildman–Crippen LogP) is 0.207. The van der Waals surface area contributed by atoms with Crippen molar-refractivity contribution in [2.45, 2.75) is 13.0 Å². The lowest BCUT2D eigenvalue weighted by molar-refractivity contribution is 0.566. The quantitative estimate of drug-likeness (QED) is 0.721. The number of nitrogens with two attached hydrogens (primary N) is 1. The Morgan fingerprint density at radius 2 is 2.40 bits per heavy atom. The summed E-state index contributed by atoms with van der Waals surface area (Å²) in [5.74, 6) is 0.403. The molecule has 2 atom stereocenters. The van der Waals surface area contributed by atoms with Crippen LogP contribution in [0, 0.1) is 5.92 Å². The molecule has 1 saturated heterocycles. The first kappa shape index (κ1) is 10.4. The fraction of sp³-hybridized carbons (Fsp3) is 0.556. The maximum Gasteiger partial charge on any atom is 0.285 e. The van der Waals surface area contributed by atoms with E-state index < -0.39 is 0 Å². The zero-order chi connectivity index (χ0) is 11.0. The number of nitrogens with zero attached hydrogens (tertiary/aromatic N) is 2. The Hall–Kier alpha value is -1.07. The molecule has 0 bridgehead atoms. The van der Waals surface area contributed by atoms with Crippen LogP contribution in [-0.4, -0.2) is 29.3 Å². The van der Waals surface area contributed by atoms with E-state index >= 15 is 0 Å². The molecule has 1 aliphatic rings. The molecule has 0 radical (unpaired) electrons. The van der Waals surface area contributed by atoms with Gasteiger partial charge in [-0.1, -0.05) is 18.5 Å². The van der Waals surface area contributed by atoms with Crippen molar-refractivity contribution in [2.24, 2.45) is 11.7 Å². The van der Waals surface area contributed by atoms with Crippen LogP contribution >= 0.6 is 11.6 Å². The van der Waals surface area contributed by atoms with Crippen LogP contribution in [0.15, 0.2) is 11.0 Å². The molecule has 6 heteroatoms. The average Bonchev–Trinajstić information content (AvgIpc) is 2.51. The molecule has 1 aliphatic heterocycles. The van der Waals surface area contributed by atoms with Crippen LogP contribution in [-0.2, 0) is 0 Å². The first-order valence-corrected chi connectivity index (χ1v) is 5.21. The summed E-state index contributed by atoms with van der Waals surface area (Å²) < 4.78 is 0. The minimum atomic E-state index is -0.359. The highest BCUT2D eigenvalue weighted by atomic mass is 35.5. The summed E-state index contributed by atoms with van der Waals surface area (Å²) in [5.41, 5.74) is 6.21. The summed E-state index contributed by atoms with van der Waals surface area (Å²) in [4.78, 5) is 13.3. The van der Waals surface area contributed by atoms with Crippen molar-refractivity contribution in [3.05, 3.63) is 21.6 Å². The van der Waals surface area contributed by atoms with Gasteiger partial charge in [0.1, 0.15) is 5.02 Å². The normalized spacial score (nSPS) is 25.9. The van der Waals surface area contributed by atoms with Crippen LogP contribution in [0.1, 0.15) is 6.92 Å². The van der Waals surface area contributed by atoms with E-state index in [-0.39, 0.29) is 16.6 Å². The van der Waals surface area contributed by atoms with Crippen LogP contribution in [0.3, 0.4) is 0 Å². The number of aromatic amines is 1. The maximum absolute atomic E-state index is 11.3. The van der Waals surface area contributed by atoms with Crippen LogP contribution < -0.4 is 16.2 Å². The third-order valence-corrected chi connectivity index (χ3v) is 3.15. The largest absolute Gasteiger partial charge is 0.367 e. The lowest BCUT2D eigenvalue weighted by Crippen LogP contribution is -2.29. The molecular weight excluding hydrogens is 216 g/mol. The predicted molar refractivity (Wildman–Crippen MR) is 59.2 cm³/mol. The van der Waals surface area contributed by atoms with Crippen molar-refractivity contribution in [3.63, 3.8) is 0 Å². The number of halogens is 1. The zero-order valence-corrected chi connectivity index (χ0v) is 9.16. The van der Waals surface area contributed by atoms with E-state index in [1.54, 1.807) is 6.20 Å². The first-order valence-electron chi connectivity index (χ1n) is 4.83. The summed E-state index contributed by atoms with van der Waals surface area (Å²) in [6.07, 6.45) is 1.56. The molecule has 0 saturated carbocycles. The Balaban J connectivity index is 2.32. The van der Waals surface area contributed by atoms with E-state index in [1.165, 1.54) is 0 Å². The molecule has 1 fully saturated rings. The summed E-state index contributed by atoms with van der Waals surface area (Å²) in [6.45, 7) is 3.61. The van der Waals surface area contributed by atoms with E-state index in [0.29, 0.717) is 18.2 Å². The standard InChI is InChI=1S/C9H13ClN4O/c1-5-3-14(4-6(5)11)7-2-12-13-9(15)8(7)10/h2,5-6H,3-4,11H2,1H3,(H,13,15). The van der Waals surface area contributed by atoms with E-state index in [9.17, 15) is 4.79 Å². The first-order chi connectivity index (χ1) is 7.09. The third kappa shape index (κ3) is 1.85. The number of anilines is 1. The van der Waals surface area contributed by atoms with Gasteiger partial charge in [0.05, 0.1) is 11.9 Å². The monoisotopic (exact) mass is 228 g/mol. The average molecular weight is 229 g/mol. The number of H-pyrrole nitrogens is 1. The van der Waals surface area contributed by atoms with Gasteiger partial charge in [0.15, 0.2) is 0 Å². The highest BCUT2D eigenvalue weighted by molar-refractivity contribution is 6.33. The summed E-state index contributed by atoms with van der Waals surface area (Å²) in [7, 11) is 0. The fourth-order valence-corrected chi connectivity index (χ4v) is 1.99. The minimum absolute atomic E-state index is 0.125. The molecule has 3 N–H and O–H groups in total. The number of aromatic nitrogens is 2. The van der Waals surface area contributed by atoms with Gasteiger partial charge in [-0.15, -0.1) is 0 Å². The van der Waals surface area contributed by atoms with Gasteiger partial charge in [-0.25, -0.2) is 5.10 Å².